The van der Waals surface area contributed by atoms with Crippen LogP contribution in [0.3, 0.4) is 0 Å². The first-order valence-corrected chi connectivity index (χ1v) is 11.8. The van der Waals surface area contributed by atoms with Crippen LogP contribution in [-0.2, 0) is 11.4 Å². The van der Waals surface area contributed by atoms with E-state index in [2.05, 4.69) is 16.0 Å². The van der Waals surface area contributed by atoms with Gasteiger partial charge in [0.15, 0.2) is 0 Å². The van der Waals surface area contributed by atoms with Crippen LogP contribution in [0.25, 0.3) is 11.1 Å². The van der Waals surface area contributed by atoms with Gasteiger partial charge in [0.25, 0.3) is 5.91 Å². The summed E-state index contributed by atoms with van der Waals surface area (Å²) in [4.78, 5) is 20.3. The molecular weight excluding hydrogens is 434 g/mol. The number of nitrogens with zero attached hydrogens (tertiary/aromatic N) is 5. The number of carbonyl (C=O) groups is 1. The zero-order valence-electron chi connectivity index (χ0n) is 17.5. The SMILES string of the molecule is CN(C)C(=O)c1ccc(-c2cnc(N3CCN([S@@+]([O-])C4CC4)CC3)c(C#N)c2)cc1Cl. The summed E-state index contributed by atoms with van der Waals surface area (Å²) in [7, 11) is 3.36. The van der Waals surface area contributed by atoms with Gasteiger partial charge in [0.05, 0.1) is 29.2 Å². The number of halogens is 1. The lowest BCUT2D eigenvalue weighted by atomic mass is 10.0. The molecule has 1 atom stereocenters. The summed E-state index contributed by atoms with van der Waals surface area (Å²) >= 11 is 5.46. The molecule has 1 amide bonds. The molecule has 1 aromatic carbocycles. The van der Waals surface area contributed by atoms with Crippen molar-refractivity contribution < 1.29 is 9.35 Å². The Labute approximate surface area is 190 Å². The number of pyridine rings is 1. The Bertz CT molecular complexity index is 1030. The lowest BCUT2D eigenvalue weighted by Crippen LogP contribution is -2.50. The molecular formula is C22H24ClN5O2S. The number of hydrogen-bond donors (Lipinski definition) is 0. The summed E-state index contributed by atoms with van der Waals surface area (Å²) in [5.41, 5.74) is 2.47. The quantitative estimate of drug-likeness (QED) is 0.641. The van der Waals surface area contributed by atoms with Gasteiger partial charge in [0.1, 0.15) is 17.1 Å². The zero-order valence-corrected chi connectivity index (χ0v) is 19.1. The van der Waals surface area contributed by atoms with Crippen LogP contribution in [-0.4, -0.2) is 70.2 Å². The van der Waals surface area contributed by atoms with Gasteiger partial charge in [-0.1, -0.05) is 17.7 Å². The van der Waals surface area contributed by atoms with Crippen molar-refractivity contribution in [1.82, 2.24) is 14.2 Å². The first-order chi connectivity index (χ1) is 14.9. The van der Waals surface area contributed by atoms with E-state index < -0.39 is 11.4 Å². The summed E-state index contributed by atoms with van der Waals surface area (Å²) in [6.07, 6.45) is 3.84. The van der Waals surface area contributed by atoms with E-state index in [-0.39, 0.29) is 5.91 Å². The average Bonchev–Trinajstić information content (AvgIpc) is 3.63. The number of amides is 1. The second-order valence-electron chi connectivity index (χ2n) is 7.99. The molecule has 31 heavy (non-hydrogen) atoms. The van der Waals surface area contributed by atoms with Crippen LogP contribution >= 0.6 is 11.6 Å². The van der Waals surface area contributed by atoms with Crippen molar-refractivity contribution in [3.8, 4) is 17.2 Å². The Balaban J connectivity index is 1.52. The fraction of sp³-hybridized carbons (Fsp3) is 0.409. The molecule has 1 aliphatic heterocycles. The molecule has 2 aliphatic rings. The predicted octanol–water partition coefficient (Wildman–Crippen LogP) is 2.92. The lowest BCUT2D eigenvalue weighted by Gasteiger charge is -2.35. The van der Waals surface area contributed by atoms with Gasteiger partial charge in [-0.25, -0.2) is 4.98 Å². The molecule has 162 valence electrons. The molecule has 2 fully saturated rings. The normalized spacial score (nSPS) is 17.8. The van der Waals surface area contributed by atoms with Crippen LogP contribution < -0.4 is 4.90 Å². The number of nitriles is 1. The fourth-order valence-electron chi connectivity index (χ4n) is 3.62. The third-order valence-electron chi connectivity index (χ3n) is 5.53. The minimum Gasteiger partial charge on any atom is -0.598 e. The van der Waals surface area contributed by atoms with Crippen molar-refractivity contribution in [2.24, 2.45) is 0 Å². The fourth-order valence-corrected chi connectivity index (χ4v) is 5.36. The highest BCUT2D eigenvalue weighted by molar-refractivity contribution is 7.90. The molecule has 1 saturated carbocycles. The maximum atomic E-state index is 12.4. The molecule has 0 bridgehead atoms. The molecule has 1 aliphatic carbocycles. The summed E-state index contributed by atoms with van der Waals surface area (Å²) in [5, 5.41) is 10.4. The van der Waals surface area contributed by atoms with Gasteiger partial charge in [-0.2, -0.15) is 5.26 Å². The molecule has 0 N–H and O–H groups in total. The van der Waals surface area contributed by atoms with Gasteiger partial charge < -0.3 is 14.4 Å². The standard InChI is InChI=1S/C22H24ClN5O2S/c1-26(2)22(29)19-6-3-15(12-20(19)23)17-11-16(13-24)21(25-14-17)27-7-9-28(10-8-27)31(30)18-4-5-18/h3,6,11-12,14,18H,4-5,7-10H2,1-2H3/t31-/m0/s1. The van der Waals surface area contributed by atoms with E-state index in [4.69, 9.17) is 11.6 Å². The van der Waals surface area contributed by atoms with Gasteiger partial charge in [-0.15, -0.1) is 4.31 Å². The van der Waals surface area contributed by atoms with Crippen molar-refractivity contribution in [2.45, 2.75) is 18.1 Å². The first-order valence-electron chi connectivity index (χ1n) is 10.2. The summed E-state index contributed by atoms with van der Waals surface area (Å²) in [5.74, 6) is 0.484. The molecule has 1 saturated heterocycles. The minimum absolute atomic E-state index is 0.163. The monoisotopic (exact) mass is 457 g/mol. The second kappa shape index (κ2) is 9.05. The van der Waals surface area contributed by atoms with Crippen molar-refractivity contribution >= 4 is 34.7 Å². The van der Waals surface area contributed by atoms with E-state index in [0.29, 0.717) is 53.4 Å². The number of rotatable bonds is 5. The van der Waals surface area contributed by atoms with E-state index in [1.54, 1.807) is 38.5 Å². The number of carbonyl (C=O) groups excluding carboxylic acids is 1. The van der Waals surface area contributed by atoms with Crippen LogP contribution in [0.4, 0.5) is 5.82 Å². The molecule has 2 aromatic rings. The molecule has 2 heterocycles. The van der Waals surface area contributed by atoms with Crippen molar-refractivity contribution in [3.63, 3.8) is 0 Å². The van der Waals surface area contributed by atoms with Crippen molar-refractivity contribution in [1.29, 1.82) is 5.26 Å². The van der Waals surface area contributed by atoms with Crippen LogP contribution in [0, 0.1) is 11.3 Å². The molecule has 7 nitrogen and oxygen atoms in total. The molecule has 9 heteroatoms. The van der Waals surface area contributed by atoms with Gasteiger partial charge in [-0.05, 0) is 23.8 Å². The van der Waals surface area contributed by atoms with Crippen LogP contribution in [0.1, 0.15) is 28.8 Å². The Morgan fingerprint density at radius 3 is 2.52 bits per heavy atom. The molecule has 0 spiro atoms. The van der Waals surface area contributed by atoms with Gasteiger partial charge in [-0.3, -0.25) is 4.79 Å². The zero-order chi connectivity index (χ0) is 22.1. The minimum atomic E-state index is -0.883. The van der Waals surface area contributed by atoms with E-state index in [1.807, 2.05) is 10.4 Å². The van der Waals surface area contributed by atoms with Gasteiger partial charge >= 0.3 is 0 Å². The summed E-state index contributed by atoms with van der Waals surface area (Å²) < 4.78 is 14.4. The molecule has 0 unspecified atom stereocenters. The van der Waals surface area contributed by atoms with E-state index in [1.165, 1.54) is 4.90 Å². The third kappa shape index (κ3) is 4.65. The summed E-state index contributed by atoms with van der Waals surface area (Å²) in [6, 6.07) is 9.28. The van der Waals surface area contributed by atoms with Gasteiger partial charge in [0, 0.05) is 63.1 Å². The first kappa shape index (κ1) is 21.9. The number of anilines is 1. The average molecular weight is 458 g/mol. The highest BCUT2D eigenvalue weighted by Crippen LogP contribution is 2.33. The number of piperazine rings is 1. The highest BCUT2D eigenvalue weighted by atomic mass is 35.5. The predicted molar refractivity (Wildman–Crippen MR) is 122 cm³/mol. The largest absolute Gasteiger partial charge is 0.598 e. The van der Waals surface area contributed by atoms with E-state index >= 15 is 0 Å². The van der Waals surface area contributed by atoms with Crippen LogP contribution in [0.15, 0.2) is 30.5 Å². The molecule has 1 aromatic heterocycles. The summed E-state index contributed by atoms with van der Waals surface area (Å²) in [6.45, 7) is 2.78. The lowest BCUT2D eigenvalue weighted by molar-refractivity contribution is 0.0828. The second-order valence-corrected chi connectivity index (χ2v) is 10.1. The van der Waals surface area contributed by atoms with E-state index in [0.717, 1.165) is 24.0 Å². The third-order valence-corrected chi connectivity index (χ3v) is 7.76. The maximum Gasteiger partial charge on any atom is 0.254 e. The number of benzene rings is 1. The van der Waals surface area contributed by atoms with Crippen molar-refractivity contribution in [2.75, 3.05) is 45.2 Å². The Morgan fingerprint density at radius 2 is 1.94 bits per heavy atom. The smallest absolute Gasteiger partial charge is 0.254 e. The number of aromatic nitrogens is 1. The maximum absolute atomic E-state index is 12.4. The molecule has 0 radical (unpaired) electrons. The van der Waals surface area contributed by atoms with E-state index in [9.17, 15) is 14.6 Å². The number of hydrogen-bond acceptors (Lipinski definition) is 6. The van der Waals surface area contributed by atoms with Crippen LogP contribution in [0.5, 0.6) is 0 Å². The highest BCUT2D eigenvalue weighted by Gasteiger charge is 2.40. The Hall–Kier alpha value is -2.31. The Morgan fingerprint density at radius 1 is 1.23 bits per heavy atom. The van der Waals surface area contributed by atoms with Crippen LogP contribution in [0.2, 0.25) is 5.02 Å². The topological polar surface area (TPSA) is 86.5 Å². The van der Waals surface area contributed by atoms with Crippen molar-refractivity contribution in [3.05, 3.63) is 46.6 Å². The Kier molecular flexibility index (Phi) is 6.39. The van der Waals surface area contributed by atoms with Gasteiger partial charge in [0.2, 0.25) is 0 Å². The molecule has 4 rings (SSSR count).